The first-order valence-electron chi connectivity index (χ1n) is 10.5. The van der Waals surface area contributed by atoms with Gasteiger partial charge in [-0.1, -0.05) is 24.3 Å². The largest absolute Gasteiger partial charge is 0.399 e. The van der Waals surface area contributed by atoms with Crippen molar-refractivity contribution in [1.29, 1.82) is 0 Å². The minimum absolute atomic E-state index is 0.143. The van der Waals surface area contributed by atoms with Gasteiger partial charge in [-0.3, -0.25) is 10.1 Å². The van der Waals surface area contributed by atoms with Crippen LogP contribution in [0, 0.1) is 5.92 Å². The van der Waals surface area contributed by atoms with Crippen molar-refractivity contribution in [3.8, 4) is 0 Å². The van der Waals surface area contributed by atoms with Crippen LogP contribution >= 0.6 is 0 Å². The van der Waals surface area contributed by atoms with Gasteiger partial charge in [0.25, 0.3) is 10.2 Å². The third-order valence-corrected chi connectivity index (χ3v) is 7.73. The number of fused-ring (bicyclic) bond motifs is 1. The number of nitrogen functional groups attached to an aromatic ring is 1. The molecule has 0 saturated carbocycles. The second kappa shape index (κ2) is 8.89. The summed E-state index contributed by atoms with van der Waals surface area (Å²) >= 11 is 0. The number of hydrogen-bond donors (Lipinski definition) is 2. The third-order valence-electron chi connectivity index (χ3n) is 5.79. The fourth-order valence-electron chi connectivity index (χ4n) is 4.00. The number of nitrogens with zero attached hydrogens (tertiary/aromatic N) is 4. The van der Waals surface area contributed by atoms with Crippen molar-refractivity contribution in [3.63, 3.8) is 0 Å². The second-order valence-electron chi connectivity index (χ2n) is 8.21. The zero-order valence-electron chi connectivity index (χ0n) is 18.2. The minimum atomic E-state index is -3.46. The number of rotatable bonds is 6. The molecule has 0 unspecified atom stereocenters. The van der Waals surface area contributed by atoms with Crippen LogP contribution in [0.1, 0.15) is 18.4 Å². The summed E-state index contributed by atoms with van der Waals surface area (Å²) in [5, 5.41) is 2.98. The molecule has 10 heteroatoms. The fourth-order valence-corrected chi connectivity index (χ4v) is 5.13. The molecular weight excluding hydrogens is 428 g/mol. The van der Waals surface area contributed by atoms with Crippen LogP contribution in [-0.4, -0.2) is 59.7 Å². The fraction of sp³-hybridized carbons (Fsp3) is 0.364. The summed E-state index contributed by atoms with van der Waals surface area (Å²) in [4.78, 5) is 17.7. The third kappa shape index (κ3) is 4.47. The molecule has 4 rings (SSSR count). The summed E-state index contributed by atoms with van der Waals surface area (Å²) in [6.45, 7) is 1.15. The monoisotopic (exact) mass is 456 g/mol. The van der Waals surface area contributed by atoms with Crippen molar-refractivity contribution < 1.29 is 13.2 Å². The van der Waals surface area contributed by atoms with Gasteiger partial charge in [-0.05, 0) is 42.7 Å². The highest BCUT2D eigenvalue weighted by molar-refractivity contribution is 7.86. The highest BCUT2D eigenvalue weighted by Crippen LogP contribution is 2.25. The van der Waals surface area contributed by atoms with Crippen LogP contribution in [0.3, 0.4) is 0 Å². The number of amides is 1. The van der Waals surface area contributed by atoms with Gasteiger partial charge in [0, 0.05) is 38.8 Å². The summed E-state index contributed by atoms with van der Waals surface area (Å²) < 4.78 is 29.2. The van der Waals surface area contributed by atoms with Crippen LogP contribution in [0.15, 0.2) is 48.5 Å². The van der Waals surface area contributed by atoms with E-state index in [4.69, 9.17) is 5.73 Å². The molecule has 1 amide bonds. The number of carbonyl (C=O) groups excluding carboxylic acids is 1. The highest BCUT2D eigenvalue weighted by Gasteiger charge is 2.32. The molecule has 1 fully saturated rings. The van der Waals surface area contributed by atoms with Crippen LogP contribution in [-0.2, 0) is 21.5 Å². The number of nitrogens with two attached hydrogens (primary N) is 1. The van der Waals surface area contributed by atoms with Crippen LogP contribution in [0.4, 0.5) is 11.6 Å². The smallest absolute Gasteiger partial charge is 0.281 e. The van der Waals surface area contributed by atoms with E-state index in [9.17, 15) is 13.2 Å². The van der Waals surface area contributed by atoms with Crippen molar-refractivity contribution in [1.82, 2.24) is 18.2 Å². The first-order valence-corrected chi connectivity index (χ1v) is 11.9. The Hall–Kier alpha value is -2.95. The highest BCUT2D eigenvalue weighted by atomic mass is 32.2. The molecular formula is C22H28N6O3S. The molecule has 0 radical (unpaired) electrons. The predicted molar refractivity (Wildman–Crippen MR) is 125 cm³/mol. The van der Waals surface area contributed by atoms with Gasteiger partial charge in [-0.2, -0.15) is 17.0 Å². The van der Waals surface area contributed by atoms with E-state index in [1.807, 2.05) is 53.1 Å². The van der Waals surface area contributed by atoms with Gasteiger partial charge in [0.2, 0.25) is 11.9 Å². The van der Waals surface area contributed by atoms with Gasteiger partial charge in [-0.15, -0.1) is 0 Å². The normalized spacial score (nSPS) is 16.0. The zero-order valence-corrected chi connectivity index (χ0v) is 19.0. The second-order valence-corrected chi connectivity index (χ2v) is 10.4. The standard InChI is InChI=1S/C22H28N6O3S/c1-26(2)32(30,31)27-12-10-17(11-13-27)21(29)25-22-24-19-8-3-4-9-20(19)28(22)15-16-6-5-7-18(23)14-16/h3-9,14,17H,10-13,15,23H2,1-2H3,(H,24,25,29). The summed E-state index contributed by atoms with van der Waals surface area (Å²) in [6.07, 6.45) is 0.933. The lowest BCUT2D eigenvalue weighted by Crippen LogP contribution is -2.46. The molecule has 1 aromatic heterocycles. The number of aromatic nitrogens is 2. The molecule has 0 aliphatic carbocycles. The maximum atomic E-state index is 13.0. The van der Waals surface area contributed by atoms with Crippen LogP contribution in [0.5, 0.6) is 0 Å². The van der Waals surface area contributed by atoms with Gasteiger partial charge in [0.1, 0.15) is 0 Å². The van der Waals surface area contributed by atoms with E-state index in [0.29, 0.717) is 44.1 Å². The molecule has 170 valence electrons. The molecule has 2 heterocycles. The SMILES string of the molecule is CN(C)S(=O)(=O)N1CCC(C(=O)Nc2nc3ccccc3n2Cc2cccc(N)c2)CC1. The number of carbonyl (C=O) groups is 1. The molecule has 3 N–H and O–H groups in total. The van der Waals surface area contributed by atoms with E-state index in [-0.39, 0.29) is 11.8 Å². The van der Waals surface area contributed by atoms with Crippen LogP contribution in [0.2, 0.25) is 0 Å². The maximum absolute atomic E-state index is 13.0. The van der Waals surface area contributed by atoms with Crippen LogP contribution < -0.4 is 11.1 Å². The first-order chi connectivity index (χ1) is 15.3. The molecule has 0 bridgehead atoms. The van der Waals surface area contributed by atoms with E-state index >= 15 is 0 Å². The van der Waals surface area contributed by atoms with Crippen molar-refractivity contribution in [2.24, 2.45) is 5.92 Å². The molecule has 1 saturated heterocycles. The Morgan fingerprint density at radius 3 is 2.56 bits per heavy atom. The number of nitrogens with one attached hydrogen (secondary N) is 1. The number of anilines is 2. The van der Waals surface area contributed by atoms with E-state index in [0.717, 1.165) is 16.6 Å². The quantitative estimate of drug-likeness (QED) is 0.552. The summed E-state index contributed by atoms with van der Waals surface area (Å²) in [5.41, 5.74) is 9.32. The Kier molecular flexibility index (Phi) is 6.18. The zero-order chi connectivity index (χ0) is 22.9. The van der Waals surface area contributed by atoms with E-state index < -0.39 is 10.2 Å². The number of benzene rings is 2. The van der Waals surface area contributed by atoms with Crippen molar-refractivity contribution >= 4 is 38.8 Å². The number of hydrogen-bond acceptors (Lipinski definition) is 5. The average Bonchev–Trinajstić information content (AvgIpc) is 3.10. The van der Waals surface area contributed by atoms with Gasteiger partial charge in [0.05, 0.1) is 17.6 Å². The number of para-hydroxylation sites is 2. The molecule has 1 aliphatic rings. The van der Waals surface area contributed by atoms with Crippen LogP contribution in [0.25, 0.3) is 11.0 Å². The number of piperidine rings is 1. The van der Waals surface area contributed by atoms with Gasteiger partial charge >= 0.3 is 0 Å². The summed E-state index contributed by atoms with van der Waals surface area (Å²) in [7, 11) is -0.436. The Labute approximate surface area is 188 Å². The summed E-state index contributed by atoms with van der Waals surface area (Å²) in [5.74, 6) is 0.0576. The average molecular weight is 457 g/mol. The van der Waals surface area contributed by atoms with Gasteiger partial charge in [0.15, 0.2) is 0 Å². The first kappa shape index (κ1) is 22.3. The Morgan fingerprint density at radius 2 is 1.88 bits per heavy atom. The van der Waals surface area contributed by atoms with Gasteiger partial charge in [-0.25, -0.2) is 4.98 Å². The molecule has 32 heavy (non-hydrogen) atoms. The Balaban J connectivity index is 1.52. The lowest BCUT2D eigenvalue weighted by atomic mass is 9.97. The minimum Gasteiger partial charge on any atom is -0.399 e. The van der Waals surface area contributed by atoms with E-state index in [1.54, 1.807) is 0 Å². The van der Waals surface area contributed by atoms with Gasteiger partial charge < -0.3 is 10.3 Å². The Bertz CT molecular complexity index is 1230. The lowest BCUT2D eigenvalue weighted by molar-refractivity contribution is -0.121. The van der Waals surface area contributed by atoms with Crippen molar-refractivity contribution in [2.45, 2.75) is 19.4 Å². The maximum Gasteiger partial charge on any atom is 0.281 e. The van der Waals surface area contributed by atoms with E-state index in [1.165, 1.54) is 22.7 Å². The van der Waals surface area contributed by atoms with Crippen molar-refractivity contribution in [2.75, 3.05) is 38.2 Å². The molecule has 1 aliphatic heterocycles. The topological polar surface area (TPSA) is 114 Å². The molecule has 9 nitrogen and oxygen atoms in total. The molecule has 0 spiro atoms. The van der Waals surface area contributed by atoms with E-state index in [2.05, 4.69) is 10.3 Å². The van der Waals surface area contributed by atoms with Crippen molar-refractivity contribution in [3.05, 3.63) is 54.1 Å². The summed E-state index contributed by atoms with van der Waals surface area (Å²) in [6, 6.07) is 15.3. The predicted octanol–water partition coefficient (Wildman–Crippen LogP) is 2.12. The molecule has 2 aromatic carbocycles. The lowest BCUT2D eigenvalue weighted by Gasteiger charge is -2.32. The Morgan fingerprint density at radius 1 is 1.16 bits per heavy atom. The number of imidazole rings is 1. The molecule has 3 aromatic rings. The molecule has 0 atom stereocenters.